The van der Waals surface area contributed by atoms with E-state index in [1.165, 1.54) is 0 Å². The summed E-state index contributed by atoms with van der Waals surface area (Å²) in [5.74, 6) is 1.44. The van der Waals surface area contributed by atoms with Crippen molar-refractivity contribution in [1.29, 1.82) is 0 Å². The Kier molecular flexibility index (Phi) is 8.52. The minimum Gasteiger partial charge on any atom is -0.493 e. The average Bonchev–Trinajstić information content (AvgIpc) is 2.48. The molecule has 22 heavy (non-hydrogen) atoms. The first kappa shape index (κ1) is 19.0. The molecular formula is C15H24BrN3O2S. The van der Waals surface area contributed by atoms with E-state index in [1.54, 1.807) is 14.2 Å². The Morgan fingerprint density at radius 3 is 2.32 bits per heavy atom. The molecule has 0 saturated heterocycles. The summed E-state index contributed by atoms with van der Waals surface area (Å²) in [6, 6.07) is 3.90. The quantitative estimate of drug-likeness (QED) is 0.663. The lowest BCUT2D eigenvalue weighted by Crippen LogP contribution is -2.39. The van der Waals surface area contributed by atoms with E-state index < -0.39 is 0 Å². The predicted octanol–water partition coefficient (Wildman–Crippen LogP) is 2.03. The minimum atomic E-state index is 0.679. The fourth-order valence-corrected chi connectivity index (χ4v) is 2.58. The molecule has 0 saturated carbocycles. The third-order valence-electron chi connectivity index (χ3n) is 3.08. The van der Waals surface area contributed by atoms with Gasteiger partial charge in [0.2, 0.25) is 0 Å². The zero-order chi connectivity index (χ0) is 16.5. The van der Waals surface area contributed by atoms with Gasteiger partial charge in [0.05, 0.1) is 14.2 Å². The predicted molar refractivity (Wildman–Crippen MR) is 98.1 cm³/mol. The van der Waals surface area contributed by atoms with Gasteiger partial charge in [-0.2, -0.15) is 0 Å². The van der Waals surface area contributed by atoms with Crippen molar-refractivity contribution in [2.24, 2.45) is 0 Å². The van der Waals surface area contributed by atoms with Crippen LogP contribution in [0, 0.1) is 0 Å². The minimum absolute atomic E-state index is 0.679. The topological polar surface area (TPSA) is 45.8 Å². The molecular weight excluding hydrogens is 366 g/mol. The Balaban J connectivity index is 2.46. The number of rotatable bonds is 8. The molecule has 0 fully saturated rings. The number of hydrogen-bond acceptors (Lipinski definition) is 4. The summed E-state index contributed by atoms with van der Waals surface area (Å²) in [5.41, 5.74) is 1.14. The van der Waals surface area contributed by atoms with Gasteiger partial charge in [0.15, 0.2) is 16.6 Å². The zero-order valence-electron chi connectivity index (χ0n) is 13.5. The summed E-state index contributed by atoms with van der Waals surface area (Å²) in [7, 11) is 7.33. The molecule has 0 amide bonds. The van der Waals surface area contributed by atoms with Gasteiger partial charge in [-0.1, -0.05) is 15.9 Å². The number of hydrogen-bond donors (Lipinski definition) is 2. The van der Waals surface area contributed by atoms with Gasteiger partial charge in [-0.3, -0.25) is 0 Å². The molecule has 0 unspecified atom stereocenters. The lowest BCUT2D eigenvalue weighted by atomic mass is 10.1. The van der Waals surface area contributed by atoms with E-state index in [4.69, 9.17) is 21.7 Å². The van der Waals surface area contributed by atoms with Gasteiger partial charge >= 0.3 is 0 Å². The molecule has 0 bridgehead atoms. The molecule has 0 aliphatic carbocycles. The van der Waals surface area contributed by atoms with E-state index in [1.807, 2.05) is 26.2 Å². The molecule has 2 N–H and O–H groups in total. The molecule has 7 heteroatoms. The number of nitrogens with one attached hydrogen (secondary N) is 2. The Labute approximate surface area is 146 Å². The highest BCUT2D eigenvalue weighted by Crippen LogP contribution is 2.33. The second-order valence-electron chi connectivity index (χ2n) is 5.03. The first-order chi connectivity index (χ1) is 10.5. The van der Waals surface area contributed by atoms with Gasteiger partial charge in [0, 0.05) is 24.1 Å². The van der Waals surface area contributed by atoms with Crippen molar-refractivity contribution in [3.63, 3.8) is 0 Å². The highest BCUT2D eigenvalue weighted by Gasteiger charge is 2.09. The molecule has 124 valence electrons. The largest absolute Gasteiger partial charge is 0.493 e. The number of likely N-dealkylation sites (N-methyl/N-ethyl adjacent to an activating group) is 1. The van der Waals surface area contributed by atoms with Crippen molar-refractivity contribution in [1.82, 2.24) is 15.5 Å². The van der Waals surface area contributed by atoms with Crippen LogP contribution in [0.1, 0.15) is 5.56 Å². The van der Waals surface area contributed by atoms with Gasteiger partial charge in [-0.15, -0.1) is 0 Å². The Hall–Kier alpha value is -1.05. The lowest BCUT2D eigenvalue weighted by Gasteiger charge is -2.14. The number of nitrogens with zero attached hydrogens (tertiary/aromatic N) is 1. The molecule has 0 aliphatic rings. The van der Waals surface area contributed by atoms with E-state index in [0.717, 1.165) is 41.8 Å². The van der Waals surface area contributed by atoms with Gasteiger partial charge in [0.25, 0.3) is 0 Å². The number of methoxy groups -OCH3 is 2. The number of ether oxygens (including phenoxy) is 2. The van der Waals surface area contributed by atoms with Crippen LogP contribution in [-0.2, 0) is 6.42 Å². The van der Waals surface area contributed by atoms with Crippen LogP contribution in [0.5, 0.6) is 11.5 Å². The van der Waals surface area contributed by atoms with E-state index >= 15 is 0 Å². The summed E-state index contributed by atoms with van der Waals surface area (Å²) in [6.45, 7) is 2.53. The first-order valence-electron chi connectivity index (χ1n) is 7.04. The summed E-state index contributed by atoms with van der Waals surface area (Å²) >= 11 is 8.80. The van der Waals surface area contributed by atoms with Crippen LogP contribution in [0.15, 0.2) is 16.6 Å². The molecule has 0 heterocycles. The zero-order valence-corrected chi connectivity index (χ0v) is 15.9. The summed E-state index contributed by atoms with van der Waals surface area (Å²) in [6.07, 6.45) is 0.830. The van der Waals surface area contributed by atoms with Crippen LogP contribution in [0.25, 0.3) is 0 Å². The van der Waals surface area contributed by atoms with Crippen molar-refractivity contribution in [3.8, 4) is 11.5 Å². The maximum Gasteiger partial charge on any atom is 0.166 e. The average molecular weight is 390 g/mol. The smallest absolute Gasteiger partial charge is 0.166 e. The molecule has 0 atom stereocenters. The van der Waals surface area contributed by atoms with Crippen LogP contribution in [-0.4, -0.2) is 58.0 Å². The number of thiocarbonyl (C=S) groups is 1. The van der Waals surface area contributed by atoms with Crippen LogP contribution in [0.3, 0.4) is 0 Å². The molecule has 0 aliphatic heterocycles. The number of halogens is 1. The fraction of sp³-hybridized carbons (Fsp3) is 0.533. The van der Waals surface area contributed by atoms with E-state index in [-0.39, 0.29) is 0 Å². The molecule has 1 rings (SSSR count). The van der Waals surface area contributed by atoms with Gasteiger partial charge < -0.3 is 25.0 Å². The Bertz CT molecular complexity index is 498. The maximum atomic E-state index is 5.33. The molecule has 1 aromatic carbocycles. The second kappa shape index (κ2) is 9.86. The van der Waals surface area contributed by atoms with Gasteiger partial charge in [-0.05, 0) is 50.4 Å². The Morgan fingerprint density at radius 2 is 1.73 bits per heavy atom. The van der Waals surface area contributed by atoms with E-state index in [2.05, 4.69) is 31.5 Å². The second-order valence-corrected chi connectivity index (χ2v) is 6.30. The van der Waals surface area contributed by atoms with Gasteiger partial charge in [-0.25, -0.2) is 0 Å². The van der Waals surface area contributed by atoms with Crippen molar-refractivity contribution >= 4 is 33.3 Å². The summed E-state index contributed by atoms with van der Waals surface area (Å²) in [5, 5.41) is 7.06. The highest BCUT2D eigenvalue weighted by molar-refractivity contribution is 9.10. The number of benzene rings is 1. The van der Waals surface area contributed by atoms with Crippen molar-refractivity contribution < 1.29 is 9.47 Å². The van der Waals surface area contributed by atoms with Crippen LogP contribution >= 0.6 is 28.1 Å². The maximum absolute atomic E-state index is 5.33. The third kappa shape index (κ3) is 6.37. The third-order valence-corrected chi connectivity index (χ3v) is 4.10. The fourth-order valence-electron chi connectivity index (χ4n) is 1.85. The molecule has 0 aromatic heterocycles. The monoisotopic (exact) mass is 389 g/mol. The van der Waals surface area contributed by atoms with Crippen molar-refractivity contribution in [2.75, 3.05) is 47.9 Å². The molecule has 5 nitrogen and oxygen atoms in total. The van der Waals surface area contributed by atoms with Gasteiger partial charge in [0.1, 0.15) is 0 Å². The SMILES string of the molecule is COc1cc(Br)c(CCNC(=S)NCCN(C)C)cc1OC. The summed E-state index contributed by atoms with van der Waals surface area (Å²) < 4.78 is 11.6. The standard InChI is InChI=1S/C15H24BrN3O2S/c1-19(2)8-7-18-15(22)17-6-5-11-9-13(20-3)14(21-4)10-12(11)16/h9-10H,5-8H2,1-4H3,(H2,17,18,22). The van der Waals surface area contributed by atoms with Crippen LogP contribution < -0.4 is 20.1 Å². The van der Waals surface area contributed by atoms with Crippen molar-refractivity contribution in [2.45, 2.75) is 6.42 Å². The van der Waals surface area contributed by atoms with Crippen LogP contribution in [0.4, 0.5) is 0 Å². The lowest BCUT2D eigenvalue weighted by molar-refractivity contribution is 0.354. The highest BCUT2D eigenvalue weighted by atomic mass is 79.9. The summed E-state index contributed by atoms with van der Waals surface area (Å²) in [4.78, 5) is 2.11. The van der Waals surface area contributed by atoms with Crippen molar-refractivity contribution in [3.05, 3.63) is 22.2 Å². The first-order valence-corrected chi connectivity index (χ1v) is 8.25. The van der Waals surface area contributed by atoms with E-state index in [0.29, 0.717) is 10.9 Å². The molecule has 0 radical (unpaired) electrons. The Morgan fingerprint density at radius 1 is 1.14 bits per heavy atom. The van der Waals surface area contributed by atoms with Crippen LogP contribution in [0.2, 0.25) is 0 Å². The van der Waals surface area contributed by atoms with E-state index in [9.17, 15) is 0 Å². The molecule has 1 aromatic rings. The normalized spacial score (nSPS) is 10.5. The molecule has 0 spiro atoms.